The van der Waals surface area contributed by atoms with Crippen LogP contribution in [0.5, 0.6) is 0 Å². The fourth-order valence-corrected chi connectivity index (χ4v) is 3.52. The van der Waals surface area contributed by atoms with Crippen LogP contribution >= 0.6 is 0 Å². The molecule has 0 bridgehead atoms. The molecule has 24 heavy (non-hydrogen) atoms. The third-order valence-electron chi connectivity index (χ3n) is 4.05. The second-order valence-electron chi connectivity index (χ2n) is 6.01. The summed E-state index contributed by atoms with van der Waals surface area (Å²) in [6.45, 7) is 2.24. The Bertz CT molecular complexity index is 518. The van der Waals surface area contributed by atoms with Crippen LogP contribution in [0, 0.1) is 0 Å². The van der Waals surface area contributed by atoms with Gasteiger partial charge in [-0.2, -0.15) is 8.42 Å². The van der Waals surface area contributed by atoms with E-state index in [1.54, 1.807) is 12.1 Å². The number of hydrogen-bond acceptors (Lipinski definition) is 2. The van der Waals surface area contributed by atoms with Gasteiger partial charge in [-0.05, 0) is 24.5 Å². The first-order valence-electron chi connectivity index (χ1n) is 8.61. The van der Waals surface area contributed by atoms with Crippen LogP contribution in [0.25, 0.3) is 0 Å². The normalized spacial score (nSPS) is 10.8. The largest absolute Gasteiger partial charge is 2.00 e. The maximum absolute atomic E-state index is 11.3. The van der Waals surface area contributed by atoms with Crippen LogP contribution in [0.2, 0.25) is 0 Å². The predicted molar refractivity (Wildman–Crippen MR) is 92.5 cm³/mol. The number of benzene rings is 1. The minimum atomic E-state index is -4.10. The summed E-state index contributed by atoms with van der Waals surface area (Å²) in [6.07, 6.45) is 13.3. The van der Waals surface area contributed by atoms with Gasteiger partial charge in [-0.25, -0.2) is 0 Å². The summed E-state index contributed by atoms with van der Waals surface area (Å²) in [5, 5.41) is 0. The zero-order chi connectivity index (χ0) is 16.3. The molecule has 0 radical (unpaired) electrons. The molecule has 0 aromatic heterocycles. The topological polar surface area (TPSA) is 82.9 Å². The molecule has 6 heteroatoms. The first kappa shape index (κ1) is 25.9. The van der Waals surface area contributed by atoms with Gasteiger partial charge in [-0.3, -0.25) is 4.55 Å². The Labute approximate surface area is 160 Å². The first-order valence-corrected chi connectivity index (χ1v) is 10.0. The van der Waals surface area contributed by atoms with E-state index >= 15 is 0 Å². The molecule has 134 valence electrons. The zero-order valence-corrected chi connectivity index (χ0v) is 18.7. The smallest absolute Gasteiger partial charge is 2.00 e. The Balaban J connectivity index is 0. The molecule has 1 rings (SSSR count). The third kappa shape index (κ3) is 11.3. The van der Waals surface area contributed by atoms with Crippen molar-refractivity contribution in [2.24, 2.45) is 0 Å². The van der Waals surface area contributed by atoms with Gasteiger partial charge in [-0.1, -0.05) is 82.9 Å². The molecule has 0 atom stereocenters. The van der Waals surface area contributed by atoms with E-state index < -0.39 is 10.1 Å². The second kappa shape index (κ2) is 15.0. The summed E-state index contributed by atoms with van der Waals surface area (Å²) in [5.41, 5.74) is 0.726. The van der Waals surface area contributed by atoms with Crippen LogP contribution in [-0.4, -0.2) is 13.0 Å². The average molecular weight is 408 g/mol. The van der Waals surface area contributed by atoms with Gasteiger partial charge >= 0.3 is 19.5 Å². The summed E-state index contributed by atoms with van der Waals surface area (Å²) < 4.78 is 31.8. The molecule has 0 spiro atoms. The Morgan fingerprint density at radius 3 is 1.79 bits per heavy atom. The first-order chi connectivity index (χ1) is 10.6. The molecule has 0 fully saturated rings. The van der Waals surface area contributed by atoms with E-state index in [9.17, 15) is 13.0 Å². The van der Waals surface area contributed by atoms with E-state index in [-0.39, 0.29) is 29.8 Å². The SMILES string of the molecule is CCCCCCCCCCCCc1ccccc1S(=O)(=O)O.[O-2].[Zn+2]. The van der Waals surface area contributed by atoms with Crippen molar-refractivity contribution in [3.63, 3.8) is 0 Å². The molecule has 0 aliphatic heterocycles. The molecule has 0 saturated carbocycles. The minimum absolute atomic E-state index is 0. The van der Waals surface area contributed by atoms with Gasteiger partial charge in [0.15, 0.2) is 0 Å². The molecule has 1 N–H and O–H groups in total. The number of hydrogen-bond donors (Lipinski definition) is 1. The standard InChI is InChI=1S/C18H30O3S.O.Zn/c1-2-3-4-5-6-7-8-9-10-11-14-17-15-12-13-16-18(17)22(19,20)21;;/h12-13,15-16H,2-11,14H2,1H3,(H,19,20,21);;/q;-2;+2. The van der Waals surface area contributed by atoms with E-state index in [4.69, 9.17) is 0 Å². The summed E-state index contributed by atoms with van der Waals surface area (Å²) in [6, 6.07) is 6.73. The Hall–Kier alpha value is -0.287. The molecule has 0 unspecified atom stereocenters. The molecule has 0 heterocycles. The van der Waals surface area contributed by atoms with Gasteiger partial charge in [0.25, 0.3) is 10.1 Å². The van der Waals surface area contributed by atoms with Crippen molar-refractivity contribution in [1.82, 2.24) is 0 Å². The van der Waals surface area contributed by atoms with Crippen molar-refractivity contribution in [3.05, 3.63) is 29.8 Å². The van der Waals surface area contributed by atoms with Crippen molar-refractivity contribution >= 4 is 10.1 Å². The van der Waals surface area contributed by atoms with Crippen molar-refractivity contribution in [3.8, 4) is 0 Å². The molecule has 1 aromatic carbocycles. The van der Waals surface area contributed by atoms with Gasteiger partial charge in [0.05, 0.1) is 4.90 Å². The van der Waals surface area contributed by atoms with Crippen LogP contribution in [0.1, 0.15) is 76.7 Å². The van der Waals surface area contributed by atoms with Crippen LogP contribution in [0.4, 0.5) is 0 Å². The van der Waals surface area contributed by atoms with Crippen molar-refractivity contribution < 1.29 is 37.9 Å². The molecule has 0 saturated heterocycles. The maximum Gasteiger partial charge on any atom is 2.00 e. The van der Waals surface area contributed by atoms with Gasteiger partial charge < -0.3 is 5.48 Å². The van der Waals surface area contributed by atoms with Gasteiger partial charge in [0.1, 0.15) is 0 Å². The Morgan fingerprint density at radius 2 is 1.29 bits per heavy atom. The van der Waals surface area contributed by atoms with Crippen molar-refractivity contribution in [1.29, 1.82) is 0 Å². The van der Waals surface area contributed by atoms with E-state index in [2.05, 4.69) is 6.92 Å². The van der Waals surface area contributed by atoms with Crippen molar-refractivity contribution in [2.45, 2.75) is 82.4 Å². The molecular weight excluding hydrogens is 378 g/mol. The fourth-order valence-electron chi connectivity index (χ4n) is 2.76. The molecule has 0 aliphatic rings. The van der Waals surface area contributed by atoms with E-state index in [0.29, 0.717) is 6.42 Å². The van der Waals surface area contributed by atoms with Crippen LogP contribution in [0.3, 0.4) is 0 Å². The predicted octanol–water partition coefficient (Wildman–Crippen LogP) is 5.28. The minimum Gasteiger partial charge on any atom is -2.00 e. The summed E-state index contributed by atoms with van der Waals surface area (Å²) in [5.74, 6) is 0. The summed E-state index contributed by atoms with van der Waals surface area (Å²) >= 11 is 0. The van der Waals surface area contributed by atoms with Crippen LogP contribution in [0.15, 0.2) is 29.2 Å². The van der Waals surface area contributed by atoms with E-state index in [1.807, 2.05) is 6.07 Å². The fraction of sp³-hybridized carbons (Fsp3) is 0.667. The third-order valence-corrected chi connectivity index (χ3v) is 5.00. The quantitative estimate of drug-likeness (QED) is 0.291. The number of unbranched alkanes of at least 4 members (excludes halogenated alkanes) is 9. The van der Waals surface area contributed by atoms with Gasteiger partial charge in [0.2, 0.25) is 0 Å². The zero-order valence-electron chi connectivity index (χ0n) is 14.9. The van der Waals surface area contributed by atoms with E-state index in [0.717, 1.165) is 18.4 Å². The maximum atomic E-state index is 11.3. The number of rotatable bonds is 12. The molecule has 0 amide bonds. The monoisotopic (exact) mass is 406 g/mol. The van der Waals surface area contributed by atoms with E-state index in [1.165, 1.54) is 57.4 Å². The number of aryl methyl sites for hydroxylation is 1. The second-order valence-corrected chi connectivity index (χ2v) is 7.40. The summed E-state index contributed by atoms with van der Waals surface area (Å²) in [4.78, 5) is 0.0610. The Kier molecular flexibility index (Phi) is 16.2. The Morgan fingerprint density at radius 1 is 0.833 bits per heavy atom. The average Bonchev–Trinajstić information content (AvgIpc) is 2.48. The van der Waals surface area contributed by atoms with Crippen LogP contribution < -0.4 is 0 Å². The van der Waals surface area contributed by atoms with Gasteiger partial charge in [0, 0.05) is 0 Å². The molecular formula is C18H30O4SZn. The summed E-state index contributed by atoms with van der Waals surface area (Å²) in [7, 11) is -4.10. The van der Waals surface area contributed by atoms with Crippen molar-refractivity contribution in [2.75, 3.05) is 0 Å². The molecule has 4 nitrogen and oxygen atoms in total. The van der Waals surface area contributed by atoms with Gasteiger partial charge in [-0.15, -0.1) is 0 Å². The van der Waals surface area contributed by atoms with Crippen LogP contribution in [-0.2, 0) is 41.5 Å². The molecule has 0 aliphatic carbocycles. The molecule has 1 aromatic rings.